The molecule has 3 heterocycles. The van der Waals surface area contributed by atoms with Gasteiger partial charge in [0.1, 0.15) is 16.8 Å². The van der Waals surface area contributed by atoms with Crippen LogP contribution in [0.15, 0.2) is 156 Å². The van der Waals surface area contributed by atoms with Crippen molar-refractivity contribution in [3.05, 3.63) is 152 Å². The number of benzene rings is 6. The SMILES string of the molecule is c1ccc(-c2cccc(-n3c4ccccc4c4cc(-c5nc(-c6ccccc6)c6oc7ccccc7c6n5)ccc43)c2)cc1. The molecule has 0 aliphatic carbocycles. The van der Waals surface area contributed by atoms with E-state index >= 15 is 0 Å². The Bertz CT molecular complexity index is 2490. The summed E-state index contributed by atoms with van der Waals surface area (Å²) < 4.78 is 8.67. The van der Waals surface area contributed by atoms with E-state index in [9.17, 15) is 0 Å². The minimum atomic E-state index is 0.674. The first-order valence-electron chi connectivity index (χ1n) is 14.8. The molecule has 0 radical (unpaired) electrons. The van der Waals surface area contributed by atoms with E-state index in [0.29, 0.717) is 11.4 Å². The third kappa shape index (κ3) is 3.85. The summed E-state index contributed by atoms with van der Waals surface area (Å²) in [4.78, 5) is 10.2. The summed E-state index contributed by atoms with van der Waals surface area (Å²) in [7, 11) is 0. The van der Waals surface area contributed by atoms with Gasteiger partial charge in [0.15, 0.2) is 11.4 Å². The van der Waals surface area contributed by atoms with Gasteiger partial charge in [-0.05, 0) is 59.7 Å². The number of aromatic nitrogens is 3. The number of furan rings is 1. The second-order valence-corrected chi connectivity index (χ2v) is 11.0. The zero-order chi connectivity index (χ0) is 29.0. The van der Waals surface area contributed by atoms with Crippen LogP contribution in [0.4, 0.5) is 0 Å². The van der Waals surface area contributed by atoms with Crippen LogP contribution >= 0.6 is 0 Å². The largest absolute Gasteiger partial charge is 0.452 e. The van der Waals surface area contributed by atoms with Crippen LogP contribution in [0.1, 0.15) is 0 Å². The van der Waals surface area contributed by atoms with Gasteiger partial charge in [-0.2, -0.15) is 0 Å². The van der Waals surface area contributed by atoms with Crippen molar-refractivity contribution in [2.75, 3.05) is 0 Å². The van der Waals surface area contributed by atoms with Gasteiger partial charge in [0.25, 0.3) is 0 Å². The molecule has 0 saturated carbocycles. The minimum Gasteiger partial charge on any atom is -0.452 e. The quantitative estimate of drug-likeness (QED) is 0.214. The van der Waals surface area contributed by atoms with E-state index in [2.05, 4.69) is 120 Å². The highest BCUT2D eigenvalue weighted by molar-refractivity contribution is 6.11. The first-order valence-corrected chi connectivity index (χ1v) is 14.8. The van der Waals surface area contributed by atoms with Crippen molar-refractivity contribution in [1.29, 1.82) is 0 Å². The van der Waals surface area contributed by atoms with E-state index in [-0.39, 0.29) is 0 Å². The zero-order valence-corrected chi connectivity index (χ0v) is 23.7. The Morgan fingerprint density at radius 1 is 0.455 bits per heavy atom. The monoisotopic (exact) mass is 563 g/mol. The lowest BCUT2D eigenvalue weighted by Gasteiger charge is -2.11. The van der Waals surface area contributed by atoms with Crippen LogP contribution in [0.3, 0.4) is 0 Å². The molecule has 4 nitrogen and oxygen atoms in total. The van der Waals surface area contributed by atoms with E-state index in [0.717, 1.165) is 55.4 Å². The lowest BCUT2D eigenvalue weighted by molar-refractivity contribution is 0.667. The molecular weight excluding hydrogens is 538 g/mol. The number of nitrogens with zero attached hydrogens (tertiary/aromatic N) is 3. The van der Waals surface area contributed by atoms with Gasteiger partial charge in [-0.1, -0.05) is 103 Å². The average Bonchev–Trinajstić information content (AvgIpc) is 3.64. The van der Waals surface area contributed by atoms with Crippen molar-refractivity contribution in [3.63, 3.8) is 0 Å². The molecule has 9 aromatic rings. The summed E-state index contributed by atoms with van der Waals surface area (Å²) in [6, 6.07) is 52.7. The highest BCUT2D eigenvalue weighted by Crippen LogP contribution is 2.38. The van der Waals surface area contributed by atoms with E-state index in [4.69, 9.17) is 14.4 Å². The van der Waals surface area contributed by atoms with Crippen molar-refractivity contribution in [1.82, 2.24) is 14.5 Å². The smallest absolute Gasteiger partial charge is 0.180 e. The maximum Gasteiger partial charge on any atom is 0.180 e. The normalized spacial score (nSPS) is 11.6. The molecule has 44 heavy (non-hydrogen) atoms. The number of rotatable bonds is 4. The first-order chi connectivity index (χ1) is 21.8. The minimum absolute atomic E-state index is 0.674. The van der Waals surface area contributed by atoms with Gasteiger partial charge >= 0.3 is 0 Å². The Hall–Kier alpha value is -6.00. The van der Waals surface area contributed by atoms with Crippen LogP contribution in [0.2, 0.25) is 0 Å². The molecule has 0 atom stereocenters. The first kappa shape index (κ1) is 24.6. The molecular formula is C40H25N3O. The summed E-state index contributed by atoms with van der Waals surface area (Å²) in [6.07, 6.45) is 0. The third-order valence-corrected chi connectivity index (χ3v) is 8.41. The van der Waals surface area contributed by atoms with Gasteiger partial charge in [-0.25, -0.2) is 9.97 Å². The molecule has 0 spiro atoms. The van der Waals surface area contributed by atoms with Gasteiger partial charge in [-0.15, -0.1) is 0 Å². The van der Waals surface area contributed by atoms with Crippen LogP contribution in [0.5, 0.6) is 0 Å². The maximum absolute atomic E-state index is 6.32. The Balaban J connectivity index is 1.27. The van der Waals surface area contributed by atoms with Crippen molar-refractivity contribution in [3.8, 4) is 39.5 Å². The van der Waals surface area contributed by atoms with Crippen molar-refractivity contribution >= 4 is 43.9 Å². The lowest BCUT2D eigenvalue weighted by Crippen LogP contribution is -1.95. The molecule has 0 fully saturated rings. The van der Waals surface area contributed by atoms with Crippen molar-refractivity contribution in [2.45, 2.75) is 0 Å². The van der Waals surface area contributed by atoms with Crippen LogP contribution < -0.4 is 0 Å². The highest BCUT2D eigenvalue weighted by Gasteiger charge is 2.19. The molecule has 0 aliphatic heterocycles. The summed E-state index contributed by atoms with van der Waals surface area (Å²) in [5.41, 5.74) is 10.9. The topological polar surface area (TPSA) is 43.9 Å². The highest BCUT2D eigenvalue weighted by atomic mass is 16.3. The number of para-hydroxylation sites is 2. The molecule has 0 N–H and O–H groups in total. The van der Waals surface area contributed by atoms with Crippen LogP contribution in [-0.4, -0.2) is 14.5 Å². The zero-order valence-electron chi connectivity index (χ0n) is 23.7. The fourth-order valence-corrected chi connectivity index (χ4v) is 6.36. The molecule has 0 amide bonds. The number of hydrogen-bond acceptors (Lipinski definition) is 3. The van der Waals surface area contributed by atoms with Gasteiger partial charge < -0.3 is 8.98 Å². The van der Waals surface area contributed by atoms with E-state index in [1.54, 1.807) is 0 Å². The summed E-state index contributed by atoms with van der Waals surface area (Å²) in [5, 5.41) is 3.33. The van der Waals surface area contributed by atoms with E-state index in [1.165, 1.54) is 16.5 Å². The molecule has 6 aromatic carbocycles. The van der Waals surface area contributed by atoms with Crippen LogP contribution in [-0.2, 0) is 0 Å². The van der Waals surface area contributed by atoms with E-state index < -0.39 is 0 Å². The van der Waals surface area contributed by atoms with Gasteiger partial charge in [0, 0.05) is 33.0 Å². The maximum atomic E-state index is 6.32. The molecule has 9 rings (SSSR count). The van der Waals surface area contributed by atoms with Gasteiger partial charge in [-0.3, -0.25) is 0 Å². The van der Waals surface area contributed by atoms with Gasteiger partial charge in [0.05, 0.1) is 11.0 Å². The molecule has 3 aromatic heterocycles. The summed E-state index contributed by atoms with van der Waals surface area (Å²) >= 11 is 0. The third-order valence-electron chi connectivity index (χ3n) is 8.41. The Kier molecular flexibility index (Phi) is 5.47. The fourth-order valence-electron chi connectivity index (χ4n) is 6.36. The molecule has 206 valence electrons. The average molecular weight is 564 g/mol. The Morgan fingerprint density at radius 3 is 1.98 bits per heavy atom. The Morgan fingerprint density at radius 2 is 1.14 bits per heavy atom. The molecule has 0 saturated heterocycles. The molecule has 0 unspecified atom stereocenters. The van der Waals surface area contributed by atoms with Crippen molar-refractivity contribution < 1.29 is 4.42 Å². The lowest BCUT2D eigenvalue weighted by atomic mass is 10.1. The Labute approximate surface area is 253 Å². The number of hydrogen-bond donors (Lipinski definition) is 0. The fraction of sp³-hybridized carbons (Fsp3) is 0. The molecule has 4 heteroatoms. The standard InChI is InChI=1S/C40H25N3O/c1-3-12-26(13-4-1)28-16-11-17-30(24-28)43-34-20-9-7-18-31(34)33-25-29(22-23-35(33)43)40-41-37(27-14-5-2-6-15-27)39-38(42-40)32-19-8-10-21-36(32)44-39/h1-25H. The summed E-state index contributed by atoms with van der Waals surface area (Å²) in [6.45, 7) is 0. The second kappa shape index (κ2) is 9.79. The van der Waals surface area contributed by atoms with Crippen molar-refractivity contribution in [2.24, 2.45) is 0 Å². The molecule has 0 bridgehead atoms. The van der Waals surface area contributed by atoms with Crippen LogP contribution in [0, 0.1) is 0 Å². The summed E-state index contributed by atoms with van der Waals surface area (Å²) in [5.74, 6) is 0.674. The second-order valence-electron chi connectivity index (χ2n) is 11.0. The predicted octanol–water partition coefficient (Wildman–Crippen LogP) is 10.5. The predicted molar refractivity (Wildman–Crippen MR) is 180 cm³/mol. The van der Waals surface area contributed by atoms with Gasteiger partial charge in [0.2, 0.25) is 0 Å². The molecule has 0 aliphatic rings. The number of fused-ring (bicyclic) bond motifs is 6. The van der Waals surface area contributed by atoms with E-state index in [1.807, 2.05) is 36.4 Å². The van der Waals surface area contributed by atoms with Crippen LogP contribution in [0.25, 0.3) is 83.3 Å².